The van der Waals surface area contributed by atoms with E-state index >= 15 is 0 Å². The molecule has 3 aromatic carbocycles. The van der Waals surface area contributed by atoms with Crippen molar-refractivity contribution in [2.24, 2.45) is 0 Å². The molecular weight excluding hydrogens is 613 g/mol. The van der Waals surface area contributed by atoms with Crippen molar-refractivity contribution in [2.75, 3.05) is 17.4 Å². The van der Waals surface area contributed by atoms with Gasteiger partial charge in [-0.15, -0.1) is 0 Å². The number of hydrogen-bond acceptors (Lipinski definition) is 4. The van der Waals surface area contributed by atoms with Gasteiger partial charge in [0.1, 0.15) is 12.6 Å². The molecule has 11 heteroatoms. The number of amides is 2. The van der Waals surface area contributed by atoms with Crippen molar-refractivity contribution < 1.29 is 18.0 Å². The van der Waals surface area contributed by atoms with Crippen LogP contribution in [0.3, 0.4) is 0 Å². The van der Waals surface area contributed by atoms with E-state index in [2.05, 4.69) is 21.2 Å². The van der Waals surface area contributed by atoms with Gasteiger partial charge in [0, 0.05) is 17.6 Å². The molecule has 0 aliphatic carbocycles. The van der Waals surface area contributed by atoms with Crippen LogP contribution in [-0.4, -0.2) is 44.3 Å². The number of hydrogen-bond donors (Lipinski definition) is 1. The summed E-state index contributed by atoms with van der Waals surface area (Å²) in [6, 6.07) is 18.6. The van der Waals surface area contributed by atoms with Crippen LogP contribution in [-0.2, 0) is 26.2 Å². The highest BCUT2D eigenvalue weighted by atomic mass is 79.9. The van der Waals surface area contributed by atoms with Crippen LogP contribution in [0.5, 0.6) is 0 Å². The number of rotatable bonds is 11. The Kier molecular flexibility index (Phi) is 10.6. The minimum atomic E-state index is -4.17. The molecule has 0 radical (unpaired) electrons. The molecule has 0 aliphatic heterocycles. The minimum Gasteiger partial charge on any atom is -0.354 e. The Balaban J connectivity index is 2.02. The molecule has 0 unspecified atom stereocenters. The molecule has 3 aromatic rings. The number of nitrogens with one attached hydrogen (secondary N) is 1. The molecule has 202 valence electrons. The van der Waals surface area contributed by atoms with Gasteiger partial charge in [0.2, 0.25) is 11.8 Å². The van der Waals surface area contributed by atoms with Crippen LogP contribution >= 0.6 is 39.1 Å². The second kappa shape index (κ2) is 13.5. The van der Waals surface area contributed by atoms with Crippen LogP contribution in [0.15, 0.2) is 82.2 Å². The van der Waals surface area contributed by atoms with Crippen molar-refractivity contribution in [1.29, 1.82) is 0 Å². The van der Waals surface area contributed by atoms with Gasteiger partial charge >= 0.3 is 0 Å². The highest BCUT2D eigenvalue weighted by molar-refractivity contribution is 9.10. The molecule has 0 fully saturated rings. The summed E-state index contributed by atoms with van der Waals surface area (Å²) in [5.41, 5.74) is 0.951. The Morgan fingerprint density at radius 1 is 0.974 bits per heavy atom. The Hall–Kier alpha value is -2.59. The molecule has 38 heavy (non-hydrogen) atoms. The minimum absolute atomic E-state index is 0.00655. The van der Waals surface area contributed by atoms with Gasteiger partial charge in [0.15, 0.2) is 0 Å². The highest BCUT2D eigenvalue weighted by Gasteiger charge is 2.32. The third-order valence-electron chi connectivity index (χ3n) is 5.78. The quantitative estimate of drug-likeness (QED) is 0.283. The molecule has 0 saturated heterocycles. The fraction of sp³-hybridized carbons (Fsp3) is 0.259. The summed E-state index contributed by atoms with van der Waals surface area (Å²) >= 11 is 15.7. The number of benzene rings is 3. The Morgan fingerprint density at radius 3 is 2.24 bits per heavy atom. The van der Waals surface area contributed by atoms with E-state index in [0.717, 1.165) is 20.8 Å². The highest BCUT2D eigenvalue weighted by Crippen LogP contribution is 2.31. The van der Waals surface area contributed by atoms with Crippen molar-refractivity contribution >= 4 is 66.7 Å². The summed E-state index contributed by atoms with van der Waals surface area (Å²) in [5, 5.41) is 3.20. The maximum atomic E-state index is 13.8. The molecule has 1 N–H and O–H groups in total. The van der Waals surface area contributed by atoms with E-state index in [0.29, 0.717) is 6.54 Å². The van der Waals surface area contributed by atoms with Gasteiger partial charge in [-0.1, -0.05) is 76.4 Å². The van der Waals surface area contributed by atoms with E-state index in [1.807, 2.05) is 31.2 Å². The topological polar surface area (TPSA) is 86.8 Å². The molecule has 0 saturated carbocycles. The van der Waals surface area contributed by atoms with Crippen LogP contribution in [0.4, 0.5) is 5.69 Å². The average Bonchev–Trinajstić information content (AvgIpc) is 2.91. The van der Waals surface area contributed by atoms with Gasteiger partial charge in [-0.05, 0) is 61.4 Å². The van der Waals surface area contributed by atoms with Gasteiger partial charge in [0.05, 0.1) is 20.6 Å². The summed E-state index contributed by atoms with van der Waals surface area (Å²) in [4.78, 5) is 28.1. The second-order valence-corrected chi connectivity index (χ2v) is 12.1. The van der Waals surface area contributed by atoms with Crippen LogP contribution in [0.25, 0.3) is 0 Å². The first-order valence-electron chi connectivity index (χ1n) is 11.9. The number of halogens is 3. The predicted octanol–water partition coefficient (Wildman–Crippen LogP) is 5.89. The fourth-order valence-electron chi connectivity index (χ4n) is 3.65. The summed E-state index contributed by atoms with van der Waals surface area (Å²) in [6.45, 7) is 3.56. The second-order valence-electron chi connectivity index (χ2n) is 8.54. The maximum absolute atomic E-state index is 13.8. The third kappa shape index (κ3) is 7.50. The molecule has 0 aliphatic rings. The van der Waals surface area contributed by atoms with Crippen molar-refractivity contribution in [3.8, 4) is 0 Å². The van der Waals surface area contributed by atoms with E-state index in [9.17, 15) is 18.0 Å². The third-order valence-corrected chi connectivity index (χ3v) is 8.84. The fourth-order valence-corrected chi connectivity index (χ4v) is 5.64. The van der Waals surface area contributed by atoms with Crippen LogP contribution in [0, 0.1) is 0 Å². The number of carbonyl (C=O) groups is 2. The number of carbonyl (C=O) groups excluding carboxylic acids is 2. The lowest BCUT2D eigenvalue weighted by Crippen LogP contribution is -2.51. The van der Waals surface area contributed by atoms with Gasteiger partial charge in [-0.3, -0.25) is 13.9 Å². The molecular formula is C27H28BrCl2N3O4S. The normalized spacial score (nSPS) is 12.0. The number of anilines is 1. The van der Waals surface area contributed by atoms with Crippen molar-refractivity contribution in [3.63, 3.8) is 0 Å². The monoisotopic (exact) mass is 639 g/mol. The van der Waals surface area contributed by atoms with Gasteiger partial charge < -0.3 is 10.2 Å². The standard InChI is InChI=1S/C27H28BrCl2N3O4S/c1-3-15-31-27(35)19(2)32(17-20-9-11-21(28)12-10-20)26(34)18-33(22-13-14-24(29)25(30)16-22)38(36,37)23-7-5-4-6-8-23/h4-14,16,19H,3,15,17-18H2,1-2H3,(H,31,35)/t19-/m1/s1. The molecule has 0 aromatic heterocycles. The summed E-state index contributed by atoms with van der Waals surface area (Å²) < 4.78 is 29.3. The van der Waals surface area contributed by atoms with Crippen molar-refractivity contribution in [2.45, 2.75) is 37.8 Å². The smallest absolute Gasteiger partial charge is 0.264 e. The molecule has 0 bridgehead atoms. The SMILES string of the molecule is CCCNC(=O)[C@@H](C)N(Cc1ccc(Br)cc1)C(=O)CN(c1ccc(Cl)c(Cl)c1)S(=O)(=O)c1ccccc1. The first kappa shape index (κ1) is 30.0. The molecule has 7 nitrogen and oxygen atoms in total. The average molecular weight is 641 g/mol. The summed E-state index contributed by atoms with van der Waals surface area (Å²) in [6.07, 6.45) is 0.736. The Morgan fingerprint density at radius 2 is 1.63 bits per heavy atom. The van der Waals surface area contributed by atoms with E-state index in [4.69, 9.17) is 23.2 Å². The maximum Gasteiger partial charge on any atom is 0.264 e. The molecule has 1 atom stereocenters. The van der Waals surface area contributed by atoms with Gasteiger partial charge in [-0.2, -0.15) is 0 Å². The van der Waals surface area contributed by atoms with Crippen LogP contribution in [0.2, 0.25) is 10.0 Å². The zero-order valence-electron chi connectivity index (χ0n) is 20.9. The Bertz CT molecular complexity index is 1370. The first-order chi connectivity index (χ1) is 18.0. The molecule has 0 heterocycles. The molecule has 2 amide bonds. The van der Waals surface area contributed by atoms with Crippen LogP contribution < -0.4 is 9.62 Å². The largest absolute Gasteiger partial charge is 0.354 e. The lowest BCUT2D eigenvalue weighted by Gasteiger charge is -2.32. The van der Waals surface area contributed by atoms with Gasteiger partial charge in [0.25, 0.3) is 10.0 Å². The van der Waals surface area contributed by atoms with Crippen LogP contribution in [0.1, 0.15) is 25.8 Å². The summed E-state index contributed by atoms with van der Waals surface area (Å²) in [5.74, 6) is -0.887. The van der Waals surface area contributed by atoms with E-state index < -0.39 is 28.5 Å². The lowest BCUT2D eigenvalue weighted by atomic mass is 10.1. The van der Waals surface area contributed by atoms with E-state index in [1.165, 1.54) is 35.2 Å². The number of sulfonamides is 1. The van der Waals surface area contributed by atoms with E-state index in [1.54, 1.807) is 25.1 Å². The zero-order chi connectivity index (χ0) is 27.9. The first-order valence-corrected chi connectivity index (χ1v) is 14.9. The van der Waals surface area contributed by atoms with E-state index in [-0.39, 0.29) is 33.1 Å². The zero-order valence-corrected chi connectivity index (χ0v) is 24.8. The predicted molar refractivity (Wildman–Crippen MR) is 155 cm³/mol. The molecule has 0 spiro atoms. The van der Waals surface area contributed by atoms with Gasteiger partial charge in [-0.25, -0.2) is 8.42 Å². The van der Waals surface area contributed by atoms with Crippen molar-refractivity contribution in [1.82, 2.24) is 10.2 Å². The summed E-state index contributed by atoms with van der Waals surface area (Å²) in [7, 11) is -4.17. The number of nitrogens with zero attached hydrogens (tertiary/aromatic N) is 2. The molecule has 3 rings (SSSR count). The Labute approximate surface area is 241 Å². The lowest BCUT2D eigenvalue weighted by molar-refractivity contribution is -0.139. The van der Waals surface area contributed by atoms with Crippen molar-refractivity contribution in [3.05, 3.63) is 92.9 Å².